The van der Waals surface area contributed by atoms with Gasteiger partial charge in [0.25, 0.3) is 0 Å². The molecule has 0 bridgehead atoms. The van der Waals surface area contributed by atoms with Crippen LogP contribution in [-0.4, -0.2) is 57.0 Å². The van der Waals surface area contributed by atoms with Crippen LogP contribution in [0.5, 0.6) is 11.5 Å². The van der Waals surface area contributed by atoms with Crippen molar-refractivity contribution < 1.29 is 19.1 Å². The fourth-order valence-electron chi connectivity index (χ4n) is 4.20. The molecule has 1 N–H and O–H groups in total. The van der Waals surface area contributed by atoms with Crippen LogP contribution < -0.4 is 14.8 Å². The van der Waals surface area contributed by atoms with Crippen molar-refractivity contribution >= 4 is 28.5 Å². The number of methoxy groups -OCH3 is 2. The van der Waals surface area contributed by atoms with E-state index in [4.69, 9.17) is 9.47 Å². The summed E-state index contributed by atoms with van der Waals surface area (Å²) in [6, 6.07) is 15.5. The highest BCUT2D eigenvalue weighted by molar-refractivity contribution is 5.98. The number of aromatic nitrogens is 4. The summed E-state index contributed by atoms with van der Waals surface area (Å²) >= 11 is 0. The number of carbonyl (C=O) groups is 2. The first kappa shape index (κ1) is 25.6. The molecule has 4 aromatic rings. The number of hydrogen-bond donors (Lipinski definition) is 1. The van der Waals surface area contributed by atoms with Gasteiger partial charge in [-0.2, -0.15) is 0 Å². The van der Waals surface area contributed by atoms with E-state index >= 15 is 0 Å². The first-order chi connectivity index (χ1) is 17.9. The molecule has 37 heavy (non-hydrogen) atoms. The molecule has 0 fully saturated rings. The van der Waals surface area contributed by atoms with Gasteiger partial charge in [-0.1, -0.05) is 37.3 Å². The van der Waals surface area contributed by atoms with E-state index in [1.54, 1.807) is 53.4 Å². The third kappa shape index (κ3) is 5.85. The molecule has 10 nitrogen and oxygen atoms in total. The van der Waals surface area contributed by atoms with Crippen LogP contribution in [0.1, 0.15) is 19.4 Å². The number of ether oxygens (including phenoxy) is 2. The Balaban J connectivity index is 1.65. The molecule has 10 heteroatoms. The zero-order chi connectivity index (χ0) is 26.4. The van der Waals surface area contributed by atoms with E-state index in [0.717, 1.165) is 11.1 Å². The normalized spacial score (nSPS) is 11.8. The molecular formula is C27H30N6O4. The molecule has 0 aliphatic carbocycles. The summed E-state index contributed by atoms with van der Waals surface area (Å²) in [6.45, 7) is 3.95. The van der Waals surface area contributed by atoms with Crippen molar-refractivity contribution in [1.82, 2.24) is 24.9 Å². The average molecular weight is 503 g/mol. The van der Waals surface area contributed by atoms with Crippen molar-refractivity contribution in [2.24, 2.45) is 5.92 Å². The Morgan fingerprint density at radius 2 is 1.86 bits per heavy atom. The maximum absolute atomic E-state index is 13.8. The number of amides is 2. The van der Waals surface area contributed by atoms with Crippen molar-refractivity contribution in [2.45, 2.75) is 33.0 Å². The monoisotopic (exact) mass is 502 g/mol. The van der Waals surface area contributed by atoms with Gasteiger partial charge in [0, 0.05) is 25.0 Å². The predicted octanol–water partition coefficient (Wildman–Crippen LogP) is 3.54. The second-order valence-corrected chi connectivity index (χ2v) is 8.86. The molecule has 1 unspecified atom stereocenters. The van der Waals surface area contributed by atoms with Crippen LogP contribution >= 0.6 is 0 Å². The Hall–Kier alpha value is -4.47. The molecule has 192 valence electrons. The van der Waals surface area contributed by atoms with Gasteiger partial charge in [0.1, 0.15) is 29.6 Å². The van der Waals surface area contributed by atoms with Gasteiger partial charge in [0.15, 0.2) is 0 Å². The molecule has 0 aliphatic heterocycles. The Morgan fingerprint density at radius 1 is 1.05 bits per heavy atom. The Morgan fingerprint density at radius 3 is 2.57 bits per heavy atom. The first-order valence-corrected chi connectivity index (χ1v) is 11.9. The van der Waals surface area contributed by atoms with E-state index in [2.05, 4.69) is 20.6 Å². The fourth-order valence-corrected chi connectivity index (χ4v) is 4.20. The minimum Gasteiger partial charge on any atom is -0.497 e. The van der Waals surface area contributed by atoms with Crippen molar-refractivity contribution in [2.75, 3.05) is 19.5 Å². The van der Waals surface area contributed by atoms with Crippen molar-refractivity contribution in [3.63, 3.8) is 0 Å². The van der Waals surface area contributed by atoms with E-state index in [0.29, 0.717) is 22.7 Å². The van der Waals surface area contributed by atoms with Crippen molar-refractivity contribution in [1.29, 1.82) is 0 Å². The number of benzene rings is 2. The highest BCUT2D eigenvalue weighted by atomic mass is 16.5. The second-order valence-electron chi connectivity index (χ2n) is 8.86. The quantitative estimate of drug-likeness (QED) is 0.353. The van der Waals surface area contributed by atoms with E-state index in [9.17, 15) is 9.59 Å². The van der Waals surface area contributed by atoms with Crippen LogP contribution in [-0.2, 0) is 22.7 Å². The molecule has 0 radical (unpaired) electrons. The molecule has 0 aliphatic rings. The summed E-state index contributed by atoms with van der Waals surface area (Å²) in [6.07, 6.45) is 3.35. The average Bonchev–Trinajstić information content (AvgIpc) is 3.31. The van der Waals surface area contributed by atoms with E-state index in [-0.39, 0.29) is 30.8 Å². The SMILES string of the molecule is COc1ccc(NC(=O)C(C(C)C)N(Cc2cccnc2)C(=O)Cn2nnc3ccccc32)c(OC)c1. The Labute approximate surface area is 215 Å². The third-order valence-corrected chi connectivity index (χ3v) is 6.00. The fraction of sp³-hybridized carbons (Fsp3) is 0.296. The zero-order valence-corrected chi connectivity index (χ0v) is 21.3. The van der Waals surface area contributed by atoms with Crippen LogP contribution in [0.3, 0.4) is 0 Å². The Bertz CT molecular complexity index is 1370. The van der Waals surface area contributed by atoms with Gasteiger partial charge in [-0.05, 0) is 41.8 Å². The standard InChI is InChI=1S/C27H30N6O4/c1-18(2)26(27(35)29-22-12-11-20(36-3)14-24(22)37-4)32(16-19-8-7-13-28-15-19)25(34)17-33-23-10-6-5-9-21(23)30-31-33/h5-15,18,26H,16-17H2,1-4H3,(H,29,35). The molecule has 2 aromatic heterocycles. The number of carbonyl (C=O) groups excluding carboxylic acids is 2. The number of nitrogens with one attached hydrogen (secondary N) is 1. The first-order valence-electron chi connectivity index (χ1n) is 11.9. The molecule has 1 atom stereocenters. The topological polar surface area (TPSA) is 111 Å². The number of pyridine rings is 1. The maximum Gasteiger partial charge on any atom is 0.247 e. The summed E-state index contributed by atoms with van der Waals surface area (Å²) < 4.78 is 12.2. The number of fused-ring (bicyclic) bond motifs is 1. The zero-order valence-electron chi connectivity index (χ0n) is 21.3. The van der Waals surface area contributed by atoms with Crippen LogP contribution in [0, 0.1) is 5.92 Å². The van der Waals surface area contributed by atoms with Gasteiger partial charge >= 0.3 is 0 Å². The molecule has 0 spiro atoms. The van der Waals surface area contributed by atoms with Gasteiger partial charge in [-0.25, -0.2) is 4.68 Å². The summed E-state index contributed by atoms with van der Waals surface area (Å²) in [7, 11) is 3.08. The van der Waals surface area contributed by atoms with Crippen LogP contribution in [0.25, 0.3) is 11.0 Å². The second kappa shape index (κ2) is 11.5. The van der Waals surface area contributed by atoms with Crippen molar-refractivity contribution in [3.05, 3.63) is 72.6 Å². The highest BCUT2D eigenvalue weighted by Crippen LogP contribution is 2.30. The minimum absolute atomic E-state index is 0.0663. The van der Waals surface area contributed by atoms with Gasteiger partial charge in [-0.3, -0.25) is 14.6 Å². The number of anilines is 1. The number of nitrogens with zero attached hydrogens (tertiary/aromatic N) is 5. The van der Waals surface area contributed by atoms with Crippen LogP contribution in [0.15, 0.2) is 67.0 Å². The summed E-state index contributed by atoms with van der Waals surface area (Å²) in [4.78, 5) is 33.2. The summed E-state index contributed by atoms with van der Waals surface area (Å²) in [5.74, 6) is 0.254. The smallest absolute Gasteiger partial charge is 0.247 e. The molecule has 4 rings (SSSR count). The molecule has 2 heterocycles. The lowest BCUT2D eigenvalue weighted by atomic mass is 10.00. The third-order valence-electron chi connectivity index (χ3n) is 6.00. The predicted molar refractivity (Wildman–Crippen MR) is 139 cm³/mol. The molecule has 0 saturated carbocycles. The van der Waals surface area contributed by atoms with E-state index in [1.807, 2.05) is 44.2 Å². The number of rotatable bonds is 10. The largest absolute Gasteiger partial charge is 0.497 e. The van der Waals surface area contributed by atoms with Gasteiger partial charge in [0.2, 0.25) is 11.8 Å². The van der Waals surface area contributed by atoms with Gasteiger partial charge < -0.3 is 19.7 Å². The molecule has 2 aromatic carbocycles. The summed E-state index contributed by atoms with van der Waals surface area (Å²) in [5, 5.41) is 11.2. The maximum atomic E-state index is 13.8. The van der Waals surface area contributed by atoms with Crippen LogP contribution in [0.2, 0.25) is 0 Å². The number of para-hydroxylation sites is 1. The van der Waals surface area contributed by atoms with Gasteiger partial charge in [-0.15, -0.1) is 5.10 Å². The van der Waals surface area contributed by atoms with Crippen LogP contribution in [0.4, 0.5) is 5.69 Å². The van der Waals surface area contributed by atoms with E-state index in [1.165, 1.54) is 7.11 Å². The lowest BCUT2D eigenvalue weighted by Gasteiger charge is -2.33. The van der Waals surface area contributed by atoms with Gasteiger partial charge in [0.05, 0.1) is 25.4 Å². The summed E-state index contributed by atoms with van der Waals surface area (Å²) in [5.41, 5.74) is 2.72. The molecule has 2 amide bonds. The minimum atomic E-state index is -0.783. The molecular weight excluding hydrogens is 472 g/mol. The highest BCUT2D eigenvalue weighted by Gasteiger charge is 2.33. The van der Waals surface area contributed by atoms with E-state index < -0.39 is 6.04 Å². The lowest BCUT2D eigenvalue weighted by Crippen LogP contribution is -2.50. The lowest BCUT2D eigenvalue weighted by molar-refractivity contribution is -0.141. The molecule has 0 saturated heterocycles. The number of hydrogen-bond acceptors (Lipinski definition) is 7. The Kier molecular flexibility index (Phi) is 7.97. The van der Waals surface area contributed by atoms with Crippen molar-refractivity contribution in [3.8, 4) is 11.5 Å².